The molecule has 0 aliphatic heterocycles. The molecular formula is C18H23NOS. The van der Waals surface area contributed by atoms with Crippen LogP contribution in [0.5, 0.6) is 5.75 Å². The molecule has 112 valence electrons. The van der Waals surface area contributed by atoms with Gasteiger partial charge in [-0.1, -0.05) is 26.0 Å². The van der Waals surface area contributed by atoms with Crippen molar-refractivity contribution in [3.05, 3.63) is 51.7 Å². The molecule has 0 saturated carbocycles. The molecule has 3 rings (SSSR count). The van der Waals surface area contributed by atoms with Crippen molar-refractivity contribution in [1.29, 1.82) is 0 Å². The summed E-state index contributed by atoms with van der Waals surface area (Å²) in [5, 5.41) is 15.8. The Morgan fingerprint density at radius 3 is 2.86 bits per heavy atom. The first-order valence-electron chi connectivity index (χ1n) is 7.76. The topological polar surface area (TPSA) is 32.3 Å². The van der Waals surface area contributed by atoms with Crippen molar-refractivity contribution in [2.45, 2.75) is 45.2 Å². The van der Waals surface area contributed by atoms with E-state index in [1.807, 2.05) is 17.4 Å². The van der Waals surface area contributed by atoms with E-state index in [4.69, 9.17) is 0 Å². The van der Waals surface area contributed by atoms with Crippen molar-refractivity contribution in [3.63, 3.8) is 0 Å². The highest BCUT2D eigenvalue weighted by atomic mass is 32.1. The lowest BCUT2D eigenvalue weighted by Gasteiger charge is -2.32. The van der Waals surface area contributed by atoms with Gasteiger partial charge in [0.15, 0.2) is 0 Å². The molecule has 1 aromatic heterocycles. The Labute approximate surface area is 130 Å². The van der Waals surface area contributed by atoms with Crippen LogP contribution in [0.2, 0.25) is 0 Å². The van der Waals surface area contributed by atoms with Crippen LogP contribution in [-0.4, -0.2) is 5.11 Å². The molecule has 0 fully saturated rings. The van der Waals surface area contributed by atoms with E-state index in [1.165, 1.54) is 22.4 Å². The van der Waals surface area contributed by atoms with Crippen molar-refractivity contribution in [2.24, 2.45) is 5.92 Å². The van der Waals surface area contributed by atoms with E-state index in [9.17, 15) is 5.11 Å². The number of phenols is 1. The predicted molar refractivity (Wildman–Crippen MR) is 88.8 cm³/mol. The monoisotopic (exact) mass is 301 g/mol. The number of aryl methyl sites for hydroxylation is 1. The normalized spacial score (nSPS) is 19.5. The minimum Gasteiger partial charge on any atom is -0.508 e. The molecule has 2 atom stereocenters. The van der Waals surface area contributed by atoms with Gasteiger partial charge in [-0.15, -0.1) is 11.3 Å². The maximum Gasteiger partial charge on any atom is 0.115 e. The zero-order chi connectivity index (χ0) is 14.8. The molecule has 2 unspecified atom stereocenters. The number of hydrogen-bond acceptors (Lipinski definition) is 3. The molecular weight excluding hydrogens is 278 g/mol. The molecule has 1 aliphatic rings. The Balaban J connectivity index is 1.86. The first-order chi connectivity index (χ1) is 10.1. The Morgan fingerprint density at radius 2 is 2.14 bits per heavy atom. The second-order valence-corrected chi connectivity index (χ2v) is 7.21. The molecule has 2 aromatic rings. The van der Waals surface area contributed by atoms with Crippen LogP contribution >= 0.6 is 11.3 Å². The molecule has 1 aromatic carbocycles. The average Bonchev–Trinajstić information content (AvgIpc) is 2.98. The van der Waals surface area contributed by atoms with Crippen LogP contribution in [0.1, 0.15) is 54.8 Å². The summed E-state index contributed by atoms with van der Waals surface area (Å²) in [6.45, 7) is 4.53. The van der Waals surface area contributed by atoms with Crippen LogP contribution < -0.4 is 5.32 Å². The zero-order valence-electron chi connectivity index (χ0n) is 12.7. The van der Waals surface area contributed by atoms with Crippen LogP contribution in [0, 0.1) is 5.92 Å². The third kappa shape index (κ3) is 3.14. The number of fused-ring (bicyclic) bond motifs is 1. The molecule has 2 N–H and O–H groups in total. The lowest BCUT2D eigenvalue weighted by molar-refractivity contribution is 0.341. The lowest BCUT2D eigenvalue weighted by atomic mass is 9.86. The largest absolute Gasteiger partial charge is 0.508 e. The molecule has 0 saturated heterocycles. The first-order valence-corrected chi connectivity index (χ1v) is 8.64. The highest BCUT2D eigenvalue weighted by Crippen LogP contribution is 2.36. The number of phenolic OH excluding ortho intramolecular Hbond substituents is 1. The zero-order valence-corrected chi connectivity index (χ0v) is 13.5. The molecule has 21 heavy (non-hydrogen) atoms. The second kappa shape index (κ2) is 6.20. The quantitative estimate of drug-likeness (QED) is 0.848. The molecule has 3 heteroatoms. The summed E-state index contributed by atoms with van der Waals surface area (Å²) in [6.07, 6.45) is 3.48. The number of rotatable bonds is 4. The van der Waals surface area contributed by atoms with E-state index in [0.29, 0.717) is 23.8 Å². The maximum atomic E-state index is 9.81. The van der Waals surface area contributed by atoms with Gasteiger partial charge < -0.3 is 10.4 Å². The number of hydrogen-bond donors (Lipinski definition) is 2. The number of thiophene rings is 1. The van der Waals surface area contributed by atoms with Gasteiger partial charge >= 0.3 is 0 Å². The summed E-state index contributed by atoms with van der Waals surface area (Å²) >= 11 is 1.82. The van der Waals surface area contributed by atoms with Crippen molar-refractivity contribution in [1.82, 2.24) is 5.32 Å². The van der Waals surface area contributed by atoms with Gasteiger partial charge in [0.1, 0.15) is 5.75 Å². The minimum atomic E-state index is 0.343. The Morgan fingerprint density at radius 1 is 1.29 bits per heavy atom. The standard InChI is InChI=1S/C18H23NOS/c1-12(2)18(17-7-4-10-21-17)19-16-6-3-5-13-8-9-14(20)11-15(13)16/h4,7-12,16,18-20H,3,5-6H2,1-2H3. The van der Waals surface area contributed by atoms with Crippen LogP contribution in [0.4, 0.5) is 0 Å². The van der Waals surface area contributed by atoms with E-state index in [2.05, 4.69) is 42.7 Å². The smallest absolute Gasteiger partial charge is 0.115 e. The summed E-state index contributed by atoms with van der Waals surface area (Å²) < 4.78 is 0. The molecule has 1 heterocycles. The van der Waals surface area contributed by atoms with Gasteiger partial charge in [-0.2, -0.15) is 0 Å². The molecule has 2 nitrogen and oxygen atoms in total. The number of benzene rings is 1. The summed E-state index contributed by atoms with van der Waals surface area (Å²) in [4.78, 5) is 1.40. The first kappa shape index (κ1) is 14.6. The van der Waals surface area contributed by atoms with Crippen LogP contribution in [0.3, 0.4) is 0 Å². The van der Waals surface area contributed by atoms with Crippen molar-refractivity contribution in [2.75, 3.05) is 0 Å². The minimum absolute atomic E-state index is 0.343. The van der Waals surface area contributed by atoms with Gasteiger partial charge in [-0.25, -0.2) is 0 Å². The Kier molecular flexibility index (Phi) is 4.32. The summed E-state index contributed by atoms with van der Waals surface area (Å²) in [6, 6.07) is 10.9. The molecule has 1 aliphatic carbocycles. The van der Waals surface area contributed by atoms with Crippen LogP contribution in [-0.2, 0) is 6.42 Å². The third-order valence-electron chi connectivity index (χ3n) is 4.34. The number of aromatic hydroxyl groups is 1. The summed E-state index contributed by atoms with van der Waals surface area (Å²) in [5.41, 5.74) is 2.66. The molecule has 0 bridgehead atoms. The van der Waals surface area contributed by atoms with E-state index in [0.717, 1.165) is 12.8 Å². The fourth-order valence-electron chi connectivity index (χ4n) is 3.25. The predicted octanol–water partition coefficient (Wildman–Crippen LogP) is 4.82. The van der Waals surface area contributed by atoms with Crippen LogP contribution in [0.25, 0.3) is 0 Å². The van der Waals surface area contributed by atoms with Gasteiger partial charge in [-0.05, 0) is 59.9 Å². The van der Waals surface area contributed by atoms with Gasteiger partial charge in [0.2, 0.25) is 0 Å². The highest BCUT2D eigenvalue weighted by Gasteiger charge is 2.25. The van der Waals surface area contributed by atoms with Gasteiger partial charge in [0, 0.05) is 17.0 Å². The third-order valence-corrected chi connectivity index (χ3v) is 5.30. The van der Waals surface area contributed by atoms with E-state index >= 15 is 0 Å². The van der Waals surface area contributed by atoms with Gasteiger partial charge in [-0.3, -0.25) is 0 Å². The second-order valence-electron chi connectivity index (χ2n) is 6.23. The fourth-order valence-corrected chi connectivity index (χ4v) is 4.21. The molecule has 0 spiro atoms. The number of nitrogens with one attached hydrogen (secondary N) is 1. The van der Waals surface area contributed by atoms with Crippen molar-refractivity contribution < 1.29 is 5.11 Å². The van der Waals surface area contributed by atoms with E-state index in [1.54, 1.807) is 6.07 Å². The Hall–Kier alpha value is -1.32. The maximum absolute atomic E-state index is 9.81. The summed E-state index contributed by atoms with van der Waals surface area (Å²) in [5.74, 6) is 0.922. The van der Waals surface area contributed by atoms with E-state index < -0.39 is 0 Å². The van der Waals surface area contributed by atoms with Crippen molar-refractivity contribution >= 4 is 11.3 Å². The van der Waals surface area contributed by atoms with Crippen molar-refractivity contribution in [3.8, 4) is 5.75 Å². The Bertz CT molecular complexity index is 591. The van der Waals surface area contributed by atoms with E-state index in [-0.39, 0.29) is 0 Å². The summed E-state index contributed by atoms with van der Waals surface area (Å²) in [7, 11) is 0. The van der Waals surface area contributed by atoms with Gasteiger partial charge in [0.25, 0.3) is 0 Å². The highest BCUT2D eigenvalue weighted by molar-refractivity contribution is 7.10. The average molecular weight is 301 g/mol. The van der Waals surface area contributed by atoms with Crippen LogP contribution in [0.15, 0.2) is 35.7 Å². The SMILES string of the molecule is CC(C)C(NC1CCCc2ccc(O)cc21)c1cccs1. The molecule has 0 radical (unpaired) electrons. The molecule has 0 amide bonds. The lowest BCUT2D eigenvalue weighted by Crippen LogP contribution is -2.31. The van der Waals surface area contributed by atoms with Gasteiger partial charge in [0.05, 0.1) is 0 Å². The fraction of sp³-hybridized carbons (Fsp3) is 0.444.